The van der Waals surface area contributed by atoms with Gasteiger partial charge in [-0.1, -0.05) is 23.7 Å². The summed E-state index contributed by atoms with van der Waals surface area (Å²) in [5, 5.41) is 3.36. The number of benzene rings is 2. The summed E-state index contributed by atoms with van der Waals surface area (Å²) >= 11 is 5.93. The number of hydrogen-bond donors (Lipinski definition) is 1. The van der Waals surface area contributed by atoms with Crippen LogP contribution in [0.25, 0.3) is 0 Å². The second-order valence-electron chi connectivity index (χ2n) is 8.65. The molecule has 0 spiro atoms. The van der Waals surface area contributed by atoms with E-state index in [1.165, 1.54) is 23.1 Å². The zero-order chi connectivity index (χ0) is 25.8. The highest BCUT2D eigenvalue weighted by molar-refractivity contribution is 6.30. The number of hydrogen-bond acceptors (Lipinski definition) is 5. The molecule has 2 aromatic carbocycles. The lowest BCUT2D eigenvalue weighted by molar-refractivity contribution is -0.139. The first-order chi connectivity index (χ1) is 17.3. The molecule has 1 saturated heterocycles. The van der Waals surface area contributed by atoms with Gasteiger partial charge >= 0.3 is 12.0 Å². The smallest absolute Gasteiger partial charge is 0.338 e. The summed E-state index contributed by atoms with van der Waals surface area (Å²) in [5.74, 6) is -1.10. The van der Waals surface area contributed by atoms with Crippen LogP contribution in [0, 0.1) is 5.82 Å². The summed E-state index contributed by atoms with van der Waals surface area (Å²) in [6, 6.07) is 11.3. The molecule has 2 aliphatic heterocycles. The van der Waals surface area contributed by atoms with Crippen LogP contribution in [0.4, 0.5) is 9.18 Å². The molecule has 0 bridgehead atoms. The molecule has 0 aromatic heterocycles. The molecule has 4 rings (SSSR count). The second kappa shape index (κ2) is 11.1. The minimum atomic E-state index is -0.841. The highest BCUT2D eigenvalue weighted by Crippen LogP contribution is 2.32. The van der Waals surface area contributed by atoms with Gasteiger partial charge in [0.15, 0.2) is 0 Å². The molecular weight excluding hydrogens is 487 g/mol. The summed E-state index contributed by atoms with van der Waals surface area (Å²) in [6.07, 6.45) is 0. The molecule has 0 unspecified atom stereocenters. The van der Waals surface area contributed by atoms with Crippen molar-refractivity contribution in [3.05, 3.63) is 81.8 Å². The van der Waals surface area contributed by atoms with Crippen LogP contribution in [-0.2, 0) is 9.53 Å². The third-order valence-electron chi connectivity index (χ3n) is 6.38. The maximum Gasteiger partial charge on any atom is 0.338 e. The van der Waals surface area contributed by atoms with Crippen LogP contribution in [-0.4, -0.2) is 79.0 Å². The lowest BCUT2D eigenvalue weighted by atomic mass is 9.94. The minimum absolute atomic E-state index is 0.0712. The Hall–Kier alpha value is -3.43. The summed E-state index contributed by atoms with van der Waals surface area (Å²) in [6.45, 7) is 4.26. The van der Waals surface area contributed by atoms with Gasteiger partial charge in [-0.3, -0.25) is 14.6 Å². The Morgan fingerprint density at radius 1 is 1.11 bits per heavy atom. The van der Waals surface area contributed by atoms with E-state index in [2.05, 4.69) is 10.2 Å². The van der Waals surface area contributed by atoms with Gasteiger partial charge in [0.05, 0.1) is 18.2 Å². The zero-order valence-electron chi connectivity index (χ0n) is 20.2. The molecule has 0 radical (unpaired) electrons. The molecule has 0 aliphatic carbocycles. The van der Waals surface area contributed by atoms with Crippen molar-refractivity contribution in [1.29, 1.82) is 0 Å². The minimum Gasteiger partial charge on any atom is -0.463 e. The first kappa shape index (κ1) is 25.7. The molecule has 0 saturated carbocycles. The van der Waals surface area contributed by atoms with E-state index in [9.17, 15) is 18.8 Å². The number of carbonyl (C=O) groups is 3. The number of nitrogens with zero attached hydrogens (tertiary/aromatic N) is 3. The Bertz CT molecular complexity index is 1180. The zero-order valence-corrected chi connectivity index (χ0v) is 20.9. The van der Waals surface area contributed by atoms with Crippen molar-refractivity contribution in [3.63, 3.8) is 0 Å². The quantitative estimate of drug-likeness (QED) is 0.597. The average Bonchev–Trinajstić information content (AvgIpc) is 2.87. The number of likely N-dealkylation sites (N-methyl/N-ethyl adjacent to an activating group) is 1. The molecule has 1 atom stereocenters. The van der Waals surface area contributed by atoms with E-state index in [1.54, 1.807) is 49.2 Å². The molecule has 1 N–H and O–H groups in total. The fourth-order valence-corrected chi connectivity index (χ4v) is 4.56. The fourth-order valence-electron chi connectivity index (χ4n) is 4.43. The Labute approximate surface area is 214 Å². The van der Waals surface area contributed by atoms with Crippen LogP contribution < -0.4 is 5.32 Å². The van der Waals surface area contributed by atoms with E-state index >= 15 is 0 Å². The van der Waals surface area contributed by atoms with E-state index in [-0.39, 0.29) is 18.1 Å². The lowest BCUT2D eigenvalue weighted by Crippen LogP contribution is -2.53. The topological polar surface area (TPSA) is 82.2 Å². The van der Waals surface area contributed by atoms with Gasteiger partial charge in [0, 0.05) is 56.1 Å². The first-order valence-corrected chi connectivity index (χ1v) is 12.1. The third kappa shape index (κ3) is 5.52. The molecule has 10 heteroatoms. The molecule has 36 heavy (non-hydrogen) atoms. The normalized spacial score (nSPS) is 18.8. The first-order valence-electron chi connectivity index (χ1n) is 11.8. The van der Waals surface area contributed by atoms with Gasteiger partial charge in [0.25, 0.3) is 5.91 Å². The number of rotatable bonds is 6. The molecule has 190 valence electrons. The van der Waals surface area contributed by atoms with Crippen molar-refractivity contribution in [2.45, 2.75) is 13.0 Å². The van der Waals surface area contributed by atoms with Crippen molar-refractivity contribution in [2.24, 2.45) is 0 Å². The van der Waals surface area contributed by atoms with Gasteiger partial charge in [-0.2, -0.15) is 0 Å². The van der Waals surface area contributed by atoms with E-state index in [0.717, 1.165) is 0 Å². The van der Waals surface area contributed by atoms with Crippen molar-refractivity contribution < 1.29 is 23.5 Å². The standard InChI is InChI=1S/C26H28ClFN4O4/c1-3-36-25(34)22-21(30(2)26(35)29-23(22)18-5-4-6-20(28)15-18)16-31-11-13-32(14-12-31)24(33)17-7-9-19(27)10-8-17/h4-10,15,23H,3,11-14,16H2,1-2H3,(H,29,35)/t23-/m0/s1. The third-order valence-corrected chi connectivity index (χ3v) is 6.63. The summed E-state index contributed by atoms with van der Waals surface area (Å²) < 4.78 is 19.3. The summed E-state index contributed by atoms with van der Waals surface area (Å²) in [7, 11) is 1.59. The fraction of sp³-hybridized carbons (Fsp3) is 0.346. The van der Waals surface area contributed by atoms with Crippen molar-refractivity contribution in [2.75, 3.05) is 46.4 Å². The molecule has 8 nitrogen and oxygen atoms in total. The Morgan fingerprint density at radius 2 is 1.81 bits per heavy atom. The molecule has 1 fully saturated rings. The SMILES string of the molecule is CCOC(=O)C1=C(CN2CCN(C(=O)c3ccc(Cl)cc3)CC2)N(C)C(=O)N[C@H]1c1cccc(F)c1. The number of ether oxygens (including phenoxy) is 1. The van der Waals surface area contributed by atoms with Gasteiger partial charge < -0.3 is 15.0 Å². The van der Waals surface area contributed by atoms with E-state index in [0.29, 0.717) is 54.6 Å². The van der Waals surface area contributed by atoms with Gasteiger partial charge in [-0.15, -0.1) is 0 Å². The van der Waals surface area contributed by atoms with Crippen LogP contribution in [0.1, 0.15) is 28.9 Å². The van der Waals surface area contributed by atoms with Gasteiger partial charge in [0.2, 0.25) is 0 Å². The maximum atomic E-state index is 14.0. The van der Waals surface area contributed by atoms with Crippen LogP contribution in [0.15, 0.2) is 59.8 Å². The van der Waals surface area contributed by atoms with E-state index < -0.39 is 23.9 Å². The molecule has 3 amide bonds. The van der Waals surface area contributed by atoms with Gasteiger partial charge in [-0.25, -0.2) is 14.0 Å². The Kier molecular flexibility index (Phi) is 7.91. The van der Waals surface area contributed by atoms with Crippen LogP contribution in [0.2, 0.25) is 5.02 Å². The van der Waals surface area contributed by atoms with Crippen LogP contribution in [0.3, 0.4) is 0 Å². The number of esters is 1. The summed E-state index contributed by atoms with van der Waals surface area (Å²) in [5.41, 5.74) is 1.78. The molecule has 2 aliphatic rings. The number of halogens is 2. The second-order valence-corrected chi connectivity index (χ2v) is 9.09. The monoisotopic (exact) mass is 514 g/mol. The number of amides is 3. The van der Waals surface area contributed by atoms with E-state index in [1.807, 2.05) is 0 Å². The average molecular weight is 515 g/mol. The van der Waals surface area contributed by atoms with Crippen molar-refractivity contribution in [1.82, 2.24) is 20.0 Å². The maximum absolute atomic E-state index is 14.0. The number of urea groups is 1. The molecule has 2 aromatic rings. The Morgan fingerprint density at radius 3 is 2.44 bits per heavy atom. The molecular formula is C26H28ClFN4O4. The highest BCUT2D eigenvalue weighted by Gasteiger charge is 2.38. The molecule has 2 heterocycles. The number of carbonyl (C=O) groups excluding carboxylic acids is 3. The van der Waals surface area contributed by atoms with Crippen LogP contribution >= 0.6 is 11.6 Å². The van der Waals surface area contributed by atoms with Crippen molar-refractivity contribution >= 4 is 29.5 Å². The highest BCUT2D eigenvalue weighted by atomic mass is 35.5. The van der Waals surface area contributed by atoms with Gasteiger partial charge in [-0.05, 0) is 48.9 Å². The lowest BCUT2D eigenvalue weighted by Gasteiger charge is -2.39. The number of nitrogens with one attached hydrogen (secondary N) is 1. The largest absolute Gasteiger partial charge is 0.463 e. The predicted molar refractivity (Wildman–Crippen MR) is 133 cm³/mol. The summed E-state index contributed by atoms with van der Waals surface area (Å²) in [4.78, 5) is 44.0. The van der Waals surface area contributed by atoms with E-state index in [4.69, 9.17) is 16.3 Å². The Balaban J connectivity index is 1.56. The van der Waals surface area contributed by atoms with Crippen LogP contribution in [0.5, 0.6) is 0 Å². The van der Waals surface area contributed by atoms with Crippen molar-refractivity contribution in [3.8, 4) is 0 Å². The number of piperazine rings is 1. The predicted octanol–water partition coefficient (Wildman–Crippen LogP) is 3.45. The van der Waals surface area contributed by atoms with Gasteiger partial charge in [0.1, 0.15) is 5.82 Å².